The molecule has 104 valence electrons. The molecule has 6 N–H and O–H groups in total. The number of hydrogen-bond donors (Lipinski definition) is 3. The fraction of sp³-hybridized carbons (Fsp3) is 0.200. The summed E-state index contributed by atoms with van der Waals surface area (Å²) < 4.78 is 25.9. The van der Waals surface area contributed by atoms with E-state index in [1.165, 1.54) is 24.3 Å². The van der Waals surface area contributed by atoms with Crippen LogP contribution >= 0.6 is 11.6 Å². The number of carbonyl (C=O) groups is 1. The third-order valence-corrected chi connectivity index (χ3v) is 3.86. The van der Waals surface area contributed by atoms with Gasteiger partial charge in [-0.05, 0) is 24.3 Å². The lowest BCUT2D eigenvalue weighted by molar-refractivity contribution is 0.0992. The minimum atomic E-state index is -3.98. The van der Waals surface area contributed by atoms with Gasteiger partial charge in [-0.25, -0.2) is 8.42 Å². The van der Waals surface area contributed by atoms with Gasteiger partial charge in [0.05, 0.1) is 5.75 Å². The zero-order valence-corrected chi connectivity index (χ0v) is 11.4. The monoisotopic (exact) mass is 304 g/mol. The quantitative estimate of drug-likeness (QED) is 0.223. The first kappa shape index (κ1) is 15.3. The Labute approximate surface area is 115 Å². The zero-order chi connectivity index (χ0) is 14.6. The molecule has 0 heterocycles. The Balaban J connectivity index is 2.84. The molecule has 1 rings (SSSR count). The first-order chi connectivity index (χ1) is 8.71. The van der Waals surface area contributed by atoms with Crippen molar-refractivity contribution < 1.29 is 13.2 Å². The van der Waals surface area contributed by atoms with E-state index in [0.29, 0.717) is 5.69 Å². The maximum absolute atomic E-state index is 11.9. The number of halogens is 1. The van der Waals surface area contributed by atoms with Crippen LogP contribution < -0.4 is 17.2 Å². The number of ketones is 1. The molecule has 0 aliphatic rings. The van der Waals surface area contributed by atoms with Crippen molar-refractivity contribution in [1.29, 1.82) is 0 Å². The van der Waals surface area contributed by atoms with Gasteiger partial charge in [-0.15, -0.1) is 16.0 Å². The first-order valence-corrected chi connectivity index (χ1v) is 7.13. The first-order valence-electron chi connectivity index (χ1n) is 5.08. The lowest BCUT2D eigenvalue weighted by Gasteiger charge is -2.07. The molecule has 0 saturated carbocycles. The minimum Gasteiger partial charge on any atom is -0.399 e. The smallest absolute Gasteiger partial charge is 0.258 e. The second-order valence-corrected chi connectivity index (χ2v) is 5.93. The van der Waals surface area contributed by atoms with Crippen LogP contribution in [0.1, 0.15) is 10.4 Å². The Morgan fingerprint density at radius 3 is 2.26 bits per heavy atom. The molecule has 1 aromatic carbocycles. The number of benzene rings is 1. The molecule has 19 heavy (non-hydrogen) atoms. The molecule has 0 aliphatic carbocycles. The number of carbonyl (C=O) groups excluding carboxylic acids is 1. The second-order valence-electron chi connectivity index (χ2n) is 3.72. The van der Waals surface area contributed by atoms with Gasteiger partial charge < -0.3 is 17.2 Å². The summed E-state index contributed by atoms with van der Waals surface area (Å²) in [5.41, 5.74) is 16.1. The van der Waals surface area contributed by atoms with Crippen molar-refractivity contribution in [2.75, 3.05) is 11.5 Å². The third-order valence-electron chi connectivity index (χ3n) is 2.08. The predicted molar refractivity (Wildman–Crippen MR) is 74.4 cm³/mol. The van der Waals surface area contributed by atoms with Crippen LogP contribution in [0.15, 0.2) is 28.7 Å². The molecule has 1 unspecified atom stereocenters. The average molecular weight is 305 g/mol. The number of guanidine groups is 1. The van der Waals surface area contributed by atoms with Crippen LogP contribution in [-0.4, -0.2) is 31.3 Å². The van der Waals surface area contributed by atoms with E-state index in [-0.39, 0.29) is 5.56 Å². The molecular weight excluding hydrogens is 292 g/mol. The molecule has 1 aromatic rings. The predicted octanol–water partition coefficient (Wildman–Crippen LogP) is -0.338. The average Bonchev–Trinajstić information content (AvgIpc) is 2.26. The maximum Gasteiger partial charge on any atom is 0.258 e. The van der Waals surface area contributed by atoms with Gasteiger partial charge in [0.15, 0.2) is 5.78 Å². The fourth-order valence-electron chi connectivity index (χ4n) is 1.29. The normalized spacial score (nSPS) is 12.7. The summed E-state index contributed by atoms with van der Waals surface area (Å²) in [6.07, 6.45) is 0. The third kappa shape index (κ3) is 4.76. The van der Waals surface area contributed by atoms with Crippen molar-refractivity contribution in [2.45, 2.75) is 5.38 Å². The largest absolute Gasteiger partial charge is 0.399 e. The van der Waals surface area contributed by atoms with Gasteiger partial charge in [-0.2, -0.15) is 0 Å². The number of Topliss-reactive ketones (excluding diaryl/α,β-unsaturated/α-hetero) is 1. The lowest BCUT2D eigenvalue weighted by atomic mass is 10.1. The summed E-state index contributed by atoms with van der Waals surface area (Å²) >= 11 is 5.76. The van der Waals surface area contributed by atoms with E-state index in [1.54, 1.807) is 0 Å². The van der Waals surface area contributed by atoms with Crippen molar-refractivity contribution in [3.63, 3.8) is 0 Å². The van der Waals surface area contributed by atoms with Crippen LogP contribution in [-0.2, 0) is 10.0 Å². The molecule has 7 nitrogen and oxygen atoms in total. The van der Waals surface area contributed by atoms with Gasteiger partial charge in [-0.1, -0.05) is 0 Å². The van der Waals surface area contributed by atoms with E-state index in [4.69, 9.17) is 28.8 Å². The molecule has 0 fully saturated rings. The van der Waals surface area contributed by atoms with Gasteiger partial charge in [0, 0.05) is 11.3 Å². The Hall–Kier alpha value is -1.80. The zero-order valence-electron chi connectivity index (χ0n) is 9.78. The van der Waals surface area contributed by atoms with Gasteiger partial charge in [0.1, 0.15) is 5.38 Å². The van der Waals surface area contributed by atoms with Crippen molar-refractivity contribution in [3.8, 4) is 0 Å². The number of sulfonamides is 1. The number of nitrogens with two attached hydrogens (primary N) is 3. The van der Waals surface area contributed by atoms with Crippen molar-refractivity contribution in [2.24, 2.45) is 15.9 Å². The van der Waals surface area contributed by atoms with Crippen molar-refractivity contribution >= 4 is 39.1 Å². The summed E-state index contributed by atoms with van der Waals surface area (Å²) in [6, 6.07) is 5.95. The van der Waals surface area contributed by atoms with Gasteiger partial charge in [0.25, 0.3) is 10.0 Å². The van der Waals surface area contributed by atoms with Crippen LogP contribution in [0.4, 0.5) is 5.69 Å². The Morgan fingerprint density at radius 2 is 1.79 bits per heavy atom. The van der Waals surface area contributed by atoms with E-state index in [1.807, 2.05) is 0 Å². The molecule has 0 radical (unpaired) electrons. The highest BCUT2D eigenvalue weighted by molar-refractivity contribution is 7.90. The number of rotatable bonds is 5. The molecule has 9 heteroatoms. The molecule has 0 spiro atoms. The highest BCUT2D eigenvalue weighted by Gasteiger charge is 2.24. The van der Waals surface area contributed by atoms with Gasteiger partial charge in [0.2, 0.25) is 5.96 Å². The minimum absolute atomic E-state index is 0.258. The van der Waals surface area contributed by atoms with E-state index in [2.05, 4.69) is 4.40 Å². The highest BCUT2D eigenvalue weighted by atomic mass is 35.5. The molecule has 0 saturated heterocycles. The molecule has 0 amide bonds. The van der Waals surface area contributed by atoms with Crippen molar-refractivity contribution in [1.82, 2.24) is 0 Å². The van der Waals surface area contributed by atoms with Gasteiger partial charge >= 0.3 is 0 Å². The maximum atomic E-state index is 11.9. The Morgan fingerprint density at radius 1 is 1.26 bits per heavy atom. The van der Waals surface area contributed by atoms with Crippen LogP contribution in [0, 0.1) is 0 Å². The summed E-state index contributed by atoms with van der Waals surface area (Å²) in [6.45, 7) is 0. The number of nitrogen functional groups attached to an aromatic ring is 1. The summed E-state index contributed by atoms with van der Waals surface area (Å²) in [5.74, 6) is -1.84. The number of nitrogens with zero attached hydrogens (tertiary/aromatic N) is 1. The van der Waals surface area contributed by atoms with E-state index < -0.39 is 32.9 Å². The summed E-state index contributed by atoms with van der Waals surface area (Å²) in [4.78, 5) is 11.9. The highest BCUT2D eigenvalue weighted by Crippen LogP contribution is 2.13. The van der Waals surface area contributed by atoms with E-state index in [9.17, 15) is 13.2 Å². The molecular formula is C10H13ClN4O3S. The molecule has 0 aromatic heterocycles. The number of alkyl halides is 1. The second kappa shape index (κ2) is 5.89. The van der Waals surface area contributed by atoms with E-state index >= 15 is 0 Å². The Kier molecular flexibility index (Phi) is 4.73. The molecule has 0 aliphatic heterocycles. The lowest BCUT2D eigenvalue weighted by Crippen LogP contribution is -2.28. The van der Waals surface area contributed by atoms with Crippen LogP contribution in [0.2, 0.25) is 0 Å². The molecule has 0 bridgehead atoms. The fourth-order valence-corrected chi connectivity index (χ4v) is 2.81. The standard InChI is InChI=1S/C10H13ClN4O3S/c11-8(5-19(17,18)15-10(13)14)9(16)6-1-3-7(12)4-2-6/h1-4,8H,5,12H2,(H4,13,14,15). The van der Waals surface area contributed by atoms with Crippen LogP contribution in [0.25, 0.3) is 0 Å². The van der Waals surface area contributed by atoms with Gasteiger partial charge in [-0.3, -0.25) is 4.79 Å². The van der Waals surface area contributed by atoms with Crippen molar-refractivity contribution in [3.05, 3.63) is 29.8 Å². The number of hydrogen-bond acceptors (Lipinski definition) is 4. The summed E-state index contributed by atoms with van der Waals surface area (Å²) in [7, 11) is -3.98. The van der Waals surface area contributed by atoms with Crippen LogP contribution in [0.5, 0.6) is 0 Å². The SMILES string of the molecule is NC(N)=NS(=O)(=O)CC(Cl)C(=O)c1ccc(N)cc1. The van der Waals surface area contributed by atoms with Crippen LogP contribution in [0.3, 0.4) is 0 Å². The topological polar surface area (TPSA) is 142 Å². The van der Waals surface area contributed by atoms with E-state index in [0.717, 1.165) is 0 Å². The Bertz CT molecular complexity index is 594. The summed E-state index contributed by atoms with van der Waals surface area (Å²) in [5, 5.41) is -1.28. The number of anilines is 1. The molecule has 1 atom stereocenters.